The minimum absolute atomic E-state index is 0.267. The van der Waals surface area contributed by atoms with Gasteiger partial charge in [-0.05, 0) is 18.8 Å². The van der Waals surface area contributed by atoms with Crippen LogP contribution in [0.2, 0.25) is 0 Å². The normalized spacial score (nSPS) is 13.1. The van der Waals surface area contributed by atoms with Gasteiger partial charge in [0.15, 0.2) is 0 Å². The van der Waals surface area contributed by atoms with E-state index in [0.29, 0.717) is 5.92 Å². The van der Waals surface area contributed by atoms with Crippen molar-refractivity contribution in [3.63, 3.8) is 0 Å². The molecule has 0 saturated heterocycles. The highest BCUT2D eigenvalue weighted by Crippen LogP contribution is 2.10. The van der Waals surface area contributed by atoms with Crippen molar-refractivity contribution in [3.8, 4) is 0 Å². The molecule has 2 heteroatoms. The molecule has 0 spiro atoms. The Morgan fingerprint density at radius 3 is 2.83 bits per heavy atom. The quantitative estimate of drug-likeness (QED) is 0.619. The molecule has 0 saturated carbocycles. The minimum atomic E-state index is -0.713. The van der Waals surface area contributed by atoms with Crippen molar-refractivity contribution in [2.75, 3.05) is 0 Å². The van der Waals surface area contributed by atoms with Crippen molar-refractivity contribution in [1.82, 2.24) is 0 Å². The van der Waals surface area contributed by atoms with Crippen LogP contribution in [0.25, 0.3) is 0 Å². The molecule has 0 fully saturated rings. The SMILES string of the molecule is C=CC=CCC(C)CCC(=O)O. The molecule has 0 bridgehead atoms. The molecule has 0 heterocycles. The van der Waals surface area contributed by atoms with Gasteiger partial charge in [0.2, 0.25) is 0 Å². The first-order chi connectivity index (χ1) is 5.66. The third-order valence-electron chi connectivity index (χ3n) is 1.66. The molecule has 1 unspecified atom stereocenters. The van der Waals surface area contributed by atoms with Crippen LogP contribution in [0.4, 0.5) is 0 Å². The summed E-state index contributed by atoms with van der Waals surface area (Å²) in [6.45, 7) is 5.60. The zero-order valence-electron chi connectivity index (χ0n) is 7.49. The summed E-state index contributed by atoms with van der Waals surface area (Å²) in [5.74, 6) is -0.271. The van der Waals surface area contributed by atoms with Gasteiger partial charge in [-0.1, -0.05) is 31.7 Å². The molecule has 0 aliphatic heterocycles. The number of rotatable bonds is 6. The highest BCUT2D eigenvalue weighted by atomic mass is 16.4. The van der Waals surface area contributed by atoms with Crippen LogP contribution in [-0.4, -0.2) is 11.1 Å². The van der Waals surface area contributed by atoms with Crippen LogP contribution >= 0.6 is 0 Å². The monoisotopic (exact) mass is 168 g/mol. The number of carboxylic acid groups (broad SMARTS) is 1. The first kappa shape index (κ1) is 11.0. The molecule has 0 aromatic heterocycles. The maximum Gasteiger partial charge on any atom is 0.303 e. The van der Waals surface area contributed by atoms with Crippen LogP contribution in [0, 0.1) is 5.92 Å². The summed E-state index contributed by atoms with van der Waals surface area (Å²) >= 11 is 0. The highest BCUT2D eigenvalue weighted by molar-refractivity contribution is 5.66. The second-order valence-electron chi connectivity index (χ2n) is 2.94. The summed E-state index contributed by atoms with van der Waals surface area (Å²) < 4.78 is 0. The fourth-order valence-electron chi connectivity index (χ4n) is 0.895. The lowest BCUT2D eigenvalue weighted by Crippen LogP contribution is -1.99. The molecular weight excluding hydrogens is 152 g/mol. The number of hydrogen-bond acceptors (Lipinski definition) is 1. The highest BCUT2D eigenvalue weighted by Gasteiger charge is 2.02. The van der Waals surface area contributed by atoms with E-state index < -0.39 is 5.97 Å². The smallest absolute Gasteiger partial charge is 0.303 e. The minimum Gasteiger partial charge on any atom is -0.481 e. The van der Waals surface area contributed by atoms with Crippen molar-refractivity contribution in [2.24, 2.45) is 5.92 Å². The molecule has 1 atom stereocenters. The van der Waals surface area contributed by atoms with Crippen molar-refractivity contribution >= 4 is 5.97 Å². The Kier molecular flexibility index (Phi) is 6.07. The summed E-state index contributed by atoms with van der Waals surface area (Å²) in [5, 5.41) is 8.40. The molecule has 68 valence electrons. The third kappa shape index (κ3) is 7.06. The zero-order chi connectivity index (χ0) is 9.40. The number of aliphatic carboxylic acids is 1. The molecule has 2 nitrogen and oxygen atoms in total. The summed E-state index contributed by atoms with van der Waals surface area (Å²) in [6, 6.07) is 0. The van der Waals surface area contributed by atoms with Gasteiger partial charge < -0.3 is 5.11 Å². The van der Waals surface area contributed by atoms with Crippen LogP contribution in [0.3, 0.4) is 0 Å². The van der Waals surface area contributed by atoms with E-state index in [-0.39, 0.29) is 6.42 Å². The van der Waals surface area contributed by atoms with Gasteiger partial charge in [0.05, 0.1) is 0 Å². The first-order valence-electron chi connectivity index (χ1n) is 4.16. The fourth-order valence-corrected chi connectivity index (χ4v) is 0.895. The lowest BCUT2D eigenvalue weighted by Gasteiger charge is -2.04. The average molecular weight is 168 g/mol. The van der Waals surface area contributed by atoms with Crippen molar-refractivity contribution in [3.05, 3.63) is 24.8 Å². The number of carboxylic acids is 1. The van der Waals surface area contributed by atoms with Gasteiger partial charge in [0.1, 0.15) is 0 Å². The molecule has 1 N–H and O–H groups in total. The summed E-state index contributed by atoms with van der Waals surface area (Å²) in [6.07, 6.45) is 7.57. The predicted octanol–water partition coefficient (Wildman–Crippen LogP) is 2.62. The molecule has 0 aliphatic rings. The number of carbonyl (C=O) groups is 1. The van der Waals surface area contributed by atoms with Crippen molar-refractivity contribution in [2.45, 2.75) is 26.2 Å². The zero-order valence-corrected chi connectivity index (χ0v) is 7.49. The van der Waals surface area contributed by atoms with Crippen LogP contribution in [-0.2, 0) is 4.79 Å². The van der Waals surface area contributed by atoms with Crippen LogP contribution in [0.5, 0.6) is 0 Å². The van der Waals surface area contributed by atoms with Gasteiger partial charge in [-0.2, -0.15) is 0 Å². The Labute approximate surface area is 73.6 Å². The second-order valence-corrected chi connectivity index (χ2v) is 2.94. The second kappa shape index (κ2) is 6.65. The van der Waals surface area contributed by atoms with Crippen LogP contribution in [0.1, 0.15) is 26.2 Å². The maximum atomic E-state index is 10.2. The van der Waals surface area contributed by atoms with E-state index in [1.165, 1.54) is 0 Å². The summed E-state index contributed by atoms with van der Waals surface area (Å²) in [4.78, 5) is 10.2. The van der Waals surface area contributed by atoms with Crippen molar-refractivity contribution < 1.29 is 9.90 Å². The summed E-state index contributed by atoms with van der Waals surface area (Å²) in [5.41, 5.74) is 0. The standard InChI is InChI=1S/C10H16O2/c1-3-4-5-6-9(2)7-8-10(11)12/h3-5,9H,1,6-8H2,2H3,(H,11,12). The molecule has 0 aromatic rings. The molecule has 0 amide bonds. The lowest BCUT2D eigenvalue weighted by atomic mass is 10.0. The predicted molar refractivity (Wildman–Crippen MR) is 50.0 cm³/mol. The van der Waals surface area contributed by atoms with E-state index in [4.69, 9.17) is 5.11 Å². The van der Waals surface area contributed by atoms with E-state index >= 15 is 0 Å². The molecule has 0 rings (SSSR count). The first-order valence-corrected chi connectivity index (χ1v) is 4.16. The molecule has 0 aliphatic carbocycles. The Morgan fingerprint density at radius 1 is 1.67 bits per heavy atom. The average Bonchev–Trinajstić information content (AvgIpc) is 2.01. The fraction of sp³-hybridized carbons (Fsp3) is 0.500. The van der Waals surface area contributed by atoms with E-state index in [1.54, 1.807) is 6.08 Å². The van der Waals surface area contributed by atoms with Gasteiger partial charge >= 0.3 is 5.97 Å². The number of hydrogen-bond donors (Lipinski definition) is 1. The van der Waals surface area contributed by atoms with E-state index in [1.807, 2.05) is 12.2 Å². The Morgan fingerprint density at radius 2 is 2.33 bits per heavy atom. The molecular formula is C10H16O2. The molecule has 0 aromatic carbocycles. The maximum absolute atomic E-state index is 10.2. The van der Waals surface area contributed by atoms with Gasteiger partial charge in [0.25, 0.3) is 0 Å². The molecule has 0 radical (unpaired) electrons. The van der Waals surface area contributed by atoms with Gasteiger partial charge in [0, 0.05) is 6.42 Å². The largest absolute Gasteiger partial charge is 0.481 e. The van der Waals surface area contributed by atoms with E-state index in [0.717, 1.165) is 12.8 Å². The number of allylic oxidation sites excluding steroid dienone is 3. The van der Waals surface area contributed by atoms with Gasteiger partial charge in [-0.3, -0.25) is 4.79 Å². The van der Waals surface area contributed by atoms with E-state index in [2.05, 4.69) is 13.5 Å². The van der Waals surface area contributed by atoms with Gasteiger partial charge in [-0.15, -0.1) is 0 Å². The third-order valence-corrected chi connectivity index (χ3v) is 1.66. The molecule has 12 heavy (non-hydrogen) atoms. The topological polar surface area (TPSA) is 37.3 Å². The Hall–Kier alpha value is -1.05. The van der Waals surface area contributed by atoms with E-state index in [9.17, 15) is 4.79 Å². The van der Waals surface area contributed by atoms with Crippen LogP contribution < -0.4 is 0 Å². The summed E-state index contributed by atoms with van der Waals surface area (Å²) in [7, 11) is 0. The lowest BCUT2D eigenvalue weighted by molar-refractivity contribution is -0.137. The Bertz CT molecular complexity index is 171. The van der Waals surface area contributed by atoms with Gasteiger partial charge in [-0.25, -0.2) is 0 Å². The van der Waals surface area contributed by atoms with Crippen LogP contribution in [0.15, 0.2) is 24.8 Å². The Balaban J connectivity index is 3.45. The van der Waals surface area contributed by atoms with Crippen molar-refractivity contribution in [1.29, 1.82) is 0 Å².